The maximum Gasteiger partial charge on any atom is 0.0589 e. The van der Waals surface area contributed by atoms with Crippen molar-refractivity contribution < 1.29 is 4.74 Å². The minimum Gasteiger partial charge on any atom is -0.383 e. The van der Waals surface area contributed by atoms with Crippen molar-refractivity contribution in [2.24, 2.45) is 0 Å². The highest BCUT2D eigenvalue weighted by Crippen LogP contribution is 2.24. The van der Waals surface area contributed by atoms with Gasteiger partial charge < -0.3 is 10.1 Å². The van der Waals surface area contributed by atoms with Crippen LogP contribution in [0.15, 0.2) is 0 Å². The van der Waals surface area contributed by atoms with Crippen molar-refractivity contribution in [2.75, 3.05) is 26.8 Å². The normalized spacial score (nSPS) is 24.9. The molecule has 1 N–H and O–H groups in total. The molecule has 0 saturated heterocycles. The molecule has 114 valence electrons. The lowest BCUT2D eigenvalue weighted by atomic mass is 9.99. The summed E-state index contributed by atoms with van der Waals surface area (Å²) in [7, 11) is 1.80. The summed E-state index contributed by atoms with van der Waals surface area (Å²) in [6.07, 6.45) is 8.06. The van der Waals surface area contributed by atoms with Gasteiger partial charge in [0.05, 0.1) is 6.61 Å². The van der Waals surface area contributed by atoms with Crippen LogP contribution in [-0.4, -0.2) is 49.8 Å². The van der Waals surface area contributed by atoms with Gasteiger partial charge in [-0.15, -0.1) is 0 Å². The maximum atomic E-state index is 5.30. The van der Waals surface area contributed by atoms with E-state index in [9.17, 15) is 0 Å². The fourth-order valence-electron chi connectivity index (χ4n) is 3.26. The molecule has 1 aliphatic carbocycles. The molecule has 3 nitrogen and oxygen atoms in total. The Balaban J connectivity index is 2.67. The lowest BCUT2D eigenvalue weighted by Crippen LogP contribution is -2.53. The number of methoxy groups -OCH3 is 1. The van der Waals surface area contributed by atoms with Gasteiger partial charge in [-0.2, -0.15) is 0 Å². The molecule has 2 atom stereocenters. The van der Waals surface area contributed by atoms with Crippen LogP contribution in [0.4, 0.5) is 0 Å². The van der Waals surface area contributed by atoms with E-state index in [0.29, 0.717) is 18.1 Å². The summed E-state index contributed by atoms with van der Waals surface area (Å²) in [6, 6.07) is 1.95. The van der Waals surface area contributed by atoms with E-state index < -0.39 is 0 Å². The van der Waals surface area contributed by atoms with Crippen LogP contribution < -0.4 is 5.32 Å². The fourth-order valence-corrected chi connectivity index (χ4v) is 3.26. The first-order valence-corrected chi connectivity index (χ1v) is 8.18. The van der Waals surface area contributed by atoms with Crippen molar-refractivity contribution in [1.29, 1.82) is 0 Å². The fraction of sp³-hybridized carbons (Fsp3) is 1.00. The van der Waals surface area contributed by atoms with E-state index in [4.69, 9.17) is 4.74 Å². The van der Waals surface area contributed by atoms with E-state index in [2.05, 4.69) is 31.0 Å². The molecule has 0 aliphatic heterocycles. The molecular weight excluding hydrogens is 236 g/mol. The Labute approximate surface area is 120 Å². The van der Waals surface area contributed by atoms with Gasteiger partial charge in [-0.3, -0.25) is 4.90 Å². The zero-order valence-electron chi connectivity index (χ0n) is 13.5. The largest absolute Gasteiger partial charge is 0.383 e. The second-order valence-corrected chi connectivity index (χ2v) is 6.09. The second-order valence-electron chi connectivity index (χ2n) is 6.09. The molecule has 3 heteroatoms. The van der Waals surface area contributed by atoms with Gasteiger partial charge in [0.25, 0.3) is 0 Å². The first-order chi connectivity index (χ1) is 9.20. The third-order valence-electron chi connectivity index (χ3n) is 4.28. The molecule has 1 rings (SSSR count). The van der Waals surface area contributed by atoms with E-state index in [0.717, 1.165) is 19.7 Å². The molecule has 0 amide bonds. The van der Waals surface area contributed by atoms with Gasteiger partial charge in [-0.05, 0) is 39.7 Å². The molecule has 0 aromatic heterocycles. The highest BCUT2D eigenvalue weighted by atomic mass is 16.5. The molecule has 0 radical (unpaired) electrons. The number of rotatable bonds is 8. The van der Waals surface area contributed by atoms with Crippen LogP contribution in [0, 0.1) is 0 Å². The smallest absolute Gasteiger partial charge is 0.0589 e. The van der Waals surface area contributed by atoms with Crippen molar-refractivity contribution in [3.63, 3.8) is 0 Å². The average molecular weight is 270 g/mol. The summed E-state index contributed by atoms with van der Waals surface area (Å²) in [4.78, 5) is 2.65. The van der Waals surface area contributed by atoms with Crippen LogP contribution in [0.1, 0.15) is 59.3 Å². The van der Waals surface area contributed by atoms with E-state index >= 15 is 0 Å². The molecule has 2 unspecified atom stereocenters. The SMILES string of the molecule is CCCNC1CCCCCC1N(CCOC)C(C)C. The summed E-state index contributed by atoms with van der Waals surface area (Å²) in [5.41, 5.74) is 0. The molecule has 1 saturated carbocycles. The van der Waals surface area contributed by atoms with Gasteiger partial charge in [0.2, 0.25) is 0 Å². The molecule has 19 heavy (non-hydrogen) atoms. The van der Waals surface area contributed by atoms with Crippen LogP contribution in [0.3, 0.4) is 0 Å². The van der Waals surface area contributed by atoms with Crippen LogP contribution in [0.25, 0.3) is 0 Å². The maximum absolute atomic E-state index is 5.30. The van der Waals surface area contributed by atoms with Crippen molar-refractivity contribution in [3.05, 3.63) is 0 Å². The third-order valence-corrected chi connectivity index (χ3v) is 4.28. The first-order valence-electron chi connectivity index (χ1n) is 8.18. The molecule has 0 aromatic rings. The molecule has 0 spiro atoms. The minimum absolute atomic E-state index is 0.601. The minimum atomic E-state index is 0.601. The lowest BCUT2D eigenvalue weighted by molar-refractivity contribution is 0.0741. The summed E-state index contributed by atoms with van der Waals surface area (Å²) in [5.74, 6) is 0. The van der Waals surface area contributed by atoms with Crippen molar-refractivity contribution in [3.8, 4) is 0 Å². The second kappa shape index (κ2) is 9.73. The van der Waals surface area contributed by atoms with Gasteiger partial charge in [-0.25, -0.2) is 0 Å². The monoisotopic (exact) mass is 270 g/mol. The van der Waals surface area contributed by atoms with Crippen LogP contribution in [0.5, 0.6) is 0 Å². The zero-order chi connectivity index (χ0) is 14.1. The molecule has 1 fully saturated rings. The van der Waals surface area contributed by atoms with E-state index in [1.165, 1.54) is 38.5 Å². The molecule has 1 aliphatic rings. The summed E-state index contributed by atoms with van der Waals surface area (Å²) in [6.45, 7) is 9.94. The summed E-state index contributed by atoms with van der Waals surface area (Å²) >= 11 is 0. The van der Waals surface area contributed by atoms with Crippen molar-refractivity contribution >= 4 is 0 Å². The van der Waals surface area contributed by atoms with Crippen LogP contribution in [-0.2, 0) is 4.74 Å². The Hall–Kier alpha value is -0.120. The number of nitrogens with zero attached hydrogens (tertiary/aromatic N) is 1. The van der Waals surface area contributed by atoms with E-state index in [-0.39, 0.29) is 0 Å². The van der Waals surface area contributed by atoms with Gasteiger partial charge >= 0.3 is 0 Å². The van der Waals surface area contributed by atoms with Crippen LogP contribution >= 0.6 is 0 Å². The predicted molar refractivity (Wildman–Crippen MR) is 82.7 cm³/mol. The number of hydrogen-bond acceptors (Lipinski definition) is 3. The Morgan fingerprint density at radius 1 is 1.21 bits per heavy atom. The quantitative estimate of drug-likeness (QED) is 0.686. The Bertz CT molecular complexity index is 221. The molecule has 0 bridgehead atoms. The molecule has 0 heterocycles. The highest BCUT2D eigenvalue weighted by molar-refractivity contribution is 4.88. The van der Waals surface area contributed by atoms with Crippen LogP contribution in [0.2, 0.25) is 0 Å². The van der Waals surface area contributed by atoms with Gasteiger partial charge in [-0.1, -0.05) is 26.2 Å². The van der Waals surface area contributed by atoms with Gasteiger partial charge in [0, 0.05) is 31.8 Å². The average Bonchev–Trinajstić information content (AvgIpc) is 2.62. The summed E-state index contributed by atoms with van der Waals surface area (Å²) in [5, 5.41) is 3.79. The number of hydrogen-bond donors (Lipinski definition) is 1. The molecular formula is C16H34N2O. The third kappa shape index (κ3) is 5.80. The predicted octanol–water partition coefficient (Wildman–Crippen LogP) is 3.04. The highest BCUT2D eigenvalue weighted by Gasteiger charge is 2.29. The van der Waals surface area contributed by atoms with E-state index in [1.807, 2.05) is 0 Å². The zero-order valence-corrected chi connectivity index (χ0v) is 13.5. The standard InChI is InChI=1S/C16H34N2O/c1-5-11-17-15-9-7-6-8-10-16(15)18(14(2)3)12-13-19-4/h14-17H,5-13H2,1-4H3. The summed E-state index contributed by atoms with van der Waals surface area (Å²) < 4.78 is 5.30. The van der Waals surface area contributed by atoms with Crippen molar-refractivity contribution in [1.82, 2.24) is 10.2 Å². The number of ether oxygens (including phenoxy) is 1. The molecule has 0 aromatic carbocycles. The van der Waals surface area contributed by atoms with E-state index in [1.54, 1.807) is 7.11 Å². The topological polar surface area (TPSA) is 24.5 Å². The number of nitrogens with one attached hydrogen (secondary N) is 1. The first kappa shape index (κ1) is 16.9. The lowest BCUT2D eigenvalue weighted by Gasteiger charge is -2.39. The Kier molecular flexibility index (Phi) is 8.67. The van der Waals surface area contributed by atoms with Gasteiger partial charge in [0.1, 0.15) is 0 Å². The Morgan fingerprint density at radius 3 is 2.58 bits per heavy atom. The Morgan fingerprint density at radius 2 is 1.95 bits per heavy atom. The van der Waals surface area contributed by atoms with Crippen molar-refractivity contribution in [2.45, 2.75) is 77.4 Å². The van der Waals surface area contributed by atoms with Gasteiger partial charge in [0.15, 0.2) is 0 Å².